The zero-order valence-corrected chi connectivity index (χ0v) is 10.2. The molecule has 0 aromatic heterocycles. The standard InChI is InChI=1S/C14H14N2O3/c15-13(18)4-8-1-2-9-6-12(17)11(7-14(16)19)5-10(9)3-8/h1-3,5-6,17H,4,7H2,(H2,15,18)(H2,16,19). The molecule has 5 nitrogen and oxygen atoms in total. The van der Waals surface area contributed by atoms with Gasteiger partial charge in [0.2, 0.25) is 11.8 Å². The number of benzene rings is 2. The molecule has 0 aliphatic heterocycles. The topological polar surface area (TPSA) is 106 Å². The lowest BCUT2D eigenvalue weighted by molar-refractivity contribution is -0.118. The molecule has 0 spiro atoms. The van der Waals surface area contributed by atoms with Crippen molar-refractivity contribution in [1.82, 2.24) is 0 Å². The molecule has 0 unspecified atom stereocenters. The van der Waals surface area contributed by atoms with E-state index in [0.29, 0.717) is 5.56 Å². The van der Waals surface area contributed by atoms with Crippen molar-refractivity contribution in [2.24, 2.45) is 11.5 Å². The molecule has 5 N–H and O–H groups in total. The molecule has 0 aliphatic carbocycles. The molecule has 0 atom stereocenters. The number of hydrogen-bond donors (Lipinski definition) is 3. The number of carbonyl (C=O) groups is 2. The van der Waals surface area contributed by atoms with E-state index >= 15 is 0 Å². The van der Waals surface area contributed by atoms with Gasteiger partial charge in [0.25, 0.3) is 0 Å². The summed E-state index contributed by atoms with van der Waals surface area (Å²) in [7, 11) is 0. The fourth-order valence-corrected chi connectivity index (χ4v) is 2.02. The number of primary amides is 2. The first-order valence-electron chi connectivity index (χ1n) is 5.77. The van der Waals surface area contributed by atoms with Crippen molar-refractivity contribution in [3.8, 4) is 5.75 Å². The van der Waals surface area contributed by atoms with Gasteiger partial charge >= 0.3 is 0 Å². The second-order valence-electron chi connectivity index (χ2n) is 4.45. The van der Waals surface area contributed by atoms with E-state index in [4.69, 9.17) is 11.5 Å². The van der Waals surface area contributed by atoms with E-state index in [1.807, 2.05) is 6.07 Å². The Hall–Kier alpha value is -2.56. The Balaban J connectivity index is 2.48. The van der Waals surface area contributed by atoms with E-state index in [2.05, 4.69) is 0 Å². The summed E-state index contributed by atoms with van der Waals surface area (Å²) in [6.45, 7) is 0. The maximum absolute atomic E-state index is 10.9. The molecular weight excluding hydrogens is 244 g/mol. The minimum Gasteiger partial charge on any atom is -0.508 e. The van der Waals surface area contributed by atoms with Crippen LogP contribution in [0.3, 0.4) is 0 Å². The Labute approximate surface area is 109 Å². The van der Waals surface area contributed by atoms with Gasteiger partial charge in [-0.3, -0.25) is 9.59 Å². The first-order chi connectivity index (χ1) is 8.95. The number of rotatable bonds is 4. The van der Waals surface area contributed by atoms with Crippen LogP contribution in [-0.4, -0.2) is 16.9 Å². The van der Waals surface area contributed by atoms with Gasteiger partial charge in [-0.15, -0.1) is 0 Å². The molecule has 0 saturated heterocycles. The third-order valence-corrected chi connectivity index (χ3v) is 2.85. The highest BCUT2D eigenvalue weighted by Gasteiger charge is 2.08. The van der Waals surface area contributed by atoms with E-state index in [9.17, 15) is 14.7 Å². The van der Waals surface area contributed by atoms with Crippen LogP contribution in [0.4, 0.5) is 0 Å². The summed E-state index contributed by atoms with van der Waals surface area (Å²) in [5.41, 5.74) is 11.5. The fraction of sp³-hybridized carbons (Fsp3) is 0.143. The molecule has 2 amide bonds. The summed E-state index contributed by atoms with van der Waals surface area (Å²) in [4.78, 5) is 21.8. The lowest BCUT2D eigenvalue weighted by Gasteiger charge is -2.07. The molecule has 5 heteroatoms. The van der Waals surface area contributed by atoms with Crippen LogP contribution < -0.4 is 11.5 Å². The van der Waals surface area contributed by atoms with Crippen LogP contribution in [0.1, 0.15) is 11.1 Å². The van der Waals surface area contributed by atoms with E-state index in [1.165, 1.54) is 0 Å². The largest absolute Gasteiger partial charge is 0.508 e. The van der Waals surface area contributed by atoms with Crippen LogP contribution in [0, 0.1) is 0 Å². The van der Waals surface area contributed by atoms with Crippen LogP contribution >= 0.6 is 0 Å². The number of carbonyl (C=O) groups excluding carboxylic acids is 2. The maximum Gasteiger partial charge on any atom is 0.221 e. The number of nitrogens with two attached hydrogens (primary N) is 2. The number of hydrogen-bond acceptors (Lipinski definition) is 3. The van der Waals surface area contributed by atoms with E-state index in [1.54, 1.807) is 24.3 Å². The van der Waals surface area contributed by atoms with Gasteiger partial charge in [-0.1, -0.05) is 18.2 Å². The number of phenolic OH excluding ortho intramolecular Hbond substituents is 1. The third kappa shape index (κ3) is 3.01. The molecule has 0 aliphatic rings. The molecule has 2 aromatic carbocycles. The van der Waals surface area contributed by atoms with Gasteiger partial charge in [0, 0.05) is 5.56 Å². The summed E-state index contributed by atoms with van der Waals surface area (Å²) in [6.07, 6.45) is 0.129. The van der Waals surface area contributed by atoms with Crippen molar-refractivity contribution in [3.63, 3.8) is 0 Å². The van der Waals surface area contributed by atoms with Gasteiger partial charge in [0.05, 0.1) is 12.8 Å². The van der Waals surface area contributed by atoms with Crippen LogP contribution in [0.15, 0.2) is 30.3 Å². The van der Waals surface area contributed by atoms with Gasteiger partial charge in [-0.25, -0.2) is 0 Å². The summed E-state index contributed by atoms with van der Waals surface area (Å²) in [6, 6.07) is 8.65. The van der Waals surface area contributed by atoms with Crippen LogP contribution in [0.2, 0.25) is 0 Å². The molecule has 0 bridgehead atoms. The smallest absolute Gasteiger partial charge is 0.221 e. The Morgan fingerprint density at radius 1 is 0.947 bits per heavy atom. The van der Waals surface area contributed by atoms with Crippen molar-refractivity contribution < 1.29 is 14.7 Å². The van der Waals surface area contributed by atoms with Crippen molar-refractivity contribution in [2.45, 2.75) is 12.8 Å². The second-order valence-corrected chi connectivity index (χ2v) is 4.45. The van der Waals surface area contributed by atoms with Crippen LogP contribution in [-0.2, 0) is 22.4 Å². The zero-order valence-electron chi connectivity index (χ0n) is 10.2. The number of amides is 2. The predicted octanol–water partition coefficient (Wildman–Crippen LogP) is 0.601. The first kappa shape index (κ1) is 12.9. The first-order valence-corrected chi connectivity index (χ1v) is 5.77. The van der Waals surface area contributed by atoms with Crippen molar-refractivity contribution in [2.75, 3.05) is 0 Å². The molecule has 2 aromatic rings. The highest BCUT2D eigenvalue weighted by atomic mass is 16.3. The van der Waals surface area contributed by atoms with Crippen molar-refractivity contribution >= 4 is 22.6 Å². The van der Waals surface area contributed by atoms with E-state index in [0.717, 1.165) is 16.3 Å². The highest BCUT2D eigenvalue weighted by molar-refractivity contribution is 5.88. The minimum absolute atomic E-state index is 0.0260. The number of phenols is 1. The van der Waals surface area contributed by atoms with Gasteiger partial charge < -0.3 is 16.6 Å². The highest BCUT2D eigenvalue weighted by Crippen LogP contribution is 2.26. The molecule has 98 valence electrons. The van der Waals surface area contributed by atoms with Gasteiger partial charge in [-0.2, -0.15) is 0 Å². The molecule has 0 saturated carbocycles. The summed E-state index contributed by atoms with van der Waals surface area (Å²) < 4.78 is 0. The minimum atomic E-state index is -0.511. The van der Waals surface area contributed by atoms with Gasteiger partial charge in [-0.05, 0) is 28.5 Å². The normalized spacial score (nSPS) is 10.5. The quantitative estimate of drug-likeness (QED) is 0.747. The lowest BCUT2D eigenvalue weighted by atomic mass is 10.0. The van der Waals surface area contributed by atoms with E-state index in [-0.39, 0.29) is 18.6 Å². The lowest BCUT2D eigenvalue weighted by Crippen LogP contribution is -2.14. The molecular formula is C14H14N2O3. The second kappa shape index (κ2) is 4.97. The molecule has 2 rings (SSSR count). The van der Waals surface area contributed by atoms with E-state index < -0.39 is 11.8 Å². The molecule has 0 heterocycles. The summed E-state index contributed by atoms with van der Waals surface area (Å²) >= 11 is 0. The number of aromatic hydroxyl groups is 1. The zero-order chi connectivity index (χ0) is 14.0. The van der Waals surface area contributed by atoms with Gasteiger partial charge in [0.1, 0.15) is 5.75 Å². The SMILES string of the molecule is NC(=O)Cc1ccc2cc(O)c(CC(N)=O)cc2c1. The Bertz CT molecular complexity index is 665. The summed E-state index contributed by atoms with van der Waals surface area (Å²) in [5, 5.41) is 11.4. The van der Waals surface area contributed by atoms with Crippen LogP contribution in [0.5, 0.6) is 5.75 Å². The fourth-order valence-electron chi connectivity index (χ4n) is 2.02. The molecule has 19 heavy (non-hydrogen) atoms. The predicted molar refractivity (Wildman–Crippen MR) is 71.4 cm³/mol. The Morgan fingerprint density at radius 2 is 1.63 bits per heavy atom. The van der Waals surface area contributed by atoms with Crippen molar-refractivity contribution in [1.29, 1.82) is 0 Å². The van der Waals surface area contributed by atoms with Gasteiger partial charge in [0.15, 0.2) is 0 Å². The molecule has 0 fully saturated rings. The van der Waals surface area contributed by atoms with Crippen molar-refractivity contribution in [3.05, 3.63) is 41.5 Å². The maximum atomic E-state index is 10.9. The third-order valence-electron chi connectivity index (χ3n) is 2.85. The van der Waals surface area contributed by atoms with Crippen LogP contribution in [0.25, 0.3) is 10.8 Å². The summed E-state index contributed by atoms with van der Waals surface area (Å²) in [5.74, 6) is -0.882. The average molecular weight is 258 g/mol. The monoisotopic (exact) mass is 258 g/mol. The molecule has 0 radical (unpaired) electrons. The Kier molecular flexibility index (Phi) is 3.37. The average Bonchev–Trinajstić information content (AvgIpc) is 2.29. The number of fused-ring (bicyclic) bond motifs is 1. The Morgan fingerprint density at radius 3 is 2.26 bits per heavy atom.